The van der Waals surface area contributed by atoms with E-state index in [0.717, 1.165) is 32.5 Å². The minimum Gasteiger partial charge on any atom is -0.464 e. The van der Waals surface area contributed by atoms with E-state index in [-0.39, 0.29) is 17.4 Å². The first-order valence-electron chi connectivity index (χ1n) is 7.07. The summed E-state index contributed by atoms with van der Waals surface area (Å²) in [7, 11) is 2.16. The summed E-state index contributed by atoms with van der Waals surface area (Å²) in [5.74, 6) is 0.667. The number of anilines is 2. The van der Waals surface area contributed by atoms with Crippen molar-refractivity contribution in [2.45, 2.75) is 26.7 Å². The summed E-state index contributed by atoms with van der Waals surface area (Å²) in [6.45, 7) is 7.76. The zero-order valence-corrected chi connectivity index (χ0v) is 12.5. The second-order valence-electron chi connectivity index (χ2n) is 5.70. The Balaban J connectivity index is 1.96. The van der Waals surface area contributed by atoms with E-state index in [2.05, 4.69) is 39.1 Å². The van der Waals surface area contributed by atoms with Crippen molar-refractivity contribution in [3.05, 3.63) is 0 Å². The van der Waals surface area contributed by atoms with E-state index in [0.29, 0.717) is 12.6 Å². The summed E-state index contributed by atoms with van der Waals surface area (Å²) in [6, 6.07) is 0.274. The van der Waals surface area contributed by atoms with E-state index in [1.165, 1.54) is 0 Å². The van der Waals surface area contributed by atoms with Gasteiger partial charge in [0, 0.05) is 6.54 Å². The molecule has 0 spiro atoms. The first-order valence-corrected chi connectivity index (χ1v) is 7.07. The third kappa shape index (κ3) is 3.93. The van der Waals surface area contributed by atoms with Crippen molar-refractivity contribution < 1.29 is 4.74 Å². The topological polar surface area (TPSA) is 89.2 Å². The van der Waals surface area contributed by atoms with Crippen LogP contribution in [0, 0.1) is 5.41 Å². The summed E-state index contributed by atoms with van der Waals surface area (Å²) >= 11 is 0. The number of aromatic nitrogens is 3. The maximum absolute atomic E-state index is 5.66. The molecule has 0 aromatic carbocycles. The largest absolute Gasteiger partial charge is 0.464 e. The predicted octanol–water partition coefficient (Wildman–Crippen LogP) is 0.996. The van der Waals surface area contributed by atoms with E-state index in [1.54, 1.807) is 0 Å². The second kappa shape index (κ2) is 6.21. The lowest BCUT2D eigenvalue weighted by molar-refractivity contribution is 0.150. The van der Waals surface area contributed by atoms with E-state index in [4.69, 9.17) is 10.5 Å². The first kappa shape index (κ1) is 14.8. The van der Waals surface area contributed by atoms with Gasteiger partial charge in [-0.1, -0.05) is 6.92 Å². The van der Waals surface area contributed by atoms with Crippen LogP contribution in [0.2, 0.25) is 0 Å². The standard InChI is InChI=1S/C13H24N6O/c1-4-20-12-17-10(14)16-11(18-12)15-9-13(2)5-7-19(3)8-6-13/h4-9H2,1-3H3,(H3,14,15,16,17,18). The van der Waals surface area contributed by atoms with Crippen molar-refractivity contribution in [3.8, 4) is 6.01 Å². The molecule has 2 rings (SSSR count). The molecule has 1 aromatic rings. The van der Waals surface area contributed by atoms with Crippen LogP contribution in [0.15, 0.2) is 0 Å². The highest BCUT2D eigenvalue weighted by molar-refractivity contribution is 5.32. The zero-order chi connectivity index (χ0) is 14.6. The Bertz CT molecular complexity index is 444. The number of rotatable bonds is 5. The molecule has 0 radical (unpaired) electrons. The molecule has 1 fully saturated rings. The fourth-order valence-electron chi connectivity index (χ4n) is 2.27. The number of nitrogens with zero attached hydrogens (tertiary/aromatic N) is 4. The number of piperidine rings is 1. The molecule has 1 aliphatic rings. The Labute approximate surface area is 119 Å². The quantitative estimate of drug-likeness (QED) is 0.831. The van der Waals surface area contributed by atoms with Crippen LogP contribution in [0.1, 0.15) is 26.7 Å². The van der Waals surface area contributed by atoms with Crippen LogP contribution in [0.4, 0.5) is 11.9 Å². The Hall–Kier alpha value is -1.63. The van der Waals surface area contributed by atoms with Crippen LogP contribution in [0.5, 0.6) is 6.01 Å². The van der Waals surface area contributed by atoms with Gasteiger partial charge in [-0.15, -0.1) is 0 Å². The number of nitrogens with one attached hydrogen (secondary N) is 1. The van der Waals surface area contributed by atoms with Crippen molar-refractivity contribution in [2.24, 2.45) is 5.41 Å². The van der Waals surface area contributed by atoms with Crippen molar-refractivity contribution in [1.82, 2.24) is 19.9 Å². The summed E-state index contributed by atoms with van der Waals surface area (Å²) in [5.41, 5.74) is 5.92. The lowest BCUT2D eigenvalue weighted by Gasteiger charge is -2.37. The third-order valence-corrected chi connectivity index (χ3v) is 3.77. The van der Waals surface area contributed by atoms with E-state index in [9.17, 15) is 0 Å². The molecule has 1 saturated heterocycles. The molecule has 0 amide bonds. The van der Waals surface area contributed by atoms with Gasteiger partial charge < -0.3 is 20.7 Å². The van der Waals surface area contributed by atoms with Gasteiger partial charge in [-0.25, -0.2) is 0 Å². The summed E-state index contributed by atoms with van der Waals surface area (Å²) in [4.78, 5) is 14.6. The van der Waals surface area contributed by atoms with Crippen molar-refractivity contribution in [1.29, 1.82) is 0 Å². The van der Waals surface area contributed by atoms with Gasteiger partial charge in [-0.3, -0.25) is 0 Å². The minimum absolute atomic E-state index is 0.180. The summed E-state index contributed by atoms with van der Waals surface area (Å²) in [5, 5.41) is 3.27. The molecule has 20 heavy (non-hydrogen) atoms. The highest BCUT2D eigenvalue weighted by Gasteiger charge is 2.28. The maximum atomic E-state index is 5.66. The highest BCUT2D eigenvalue weighted by Crippen LogP contribution is 2.30. The van der Waals surface area contributed by atoms with E-state index >= 15 is 0 Å². The monoisotopic (exact) mass is 280 g/mol. The number of hydrogen-bond acceptors (Lipinski definition) is 7. The molecule has 112 valence electrons. The van der Waals surface area contributed by atoms with Gasteiger partial charge in [0.2, 0.25) is 11.9 Å². The molecule has 7 heteroatoms. The molecule has 0 atom stereocenters. The maximum Gasteiger partial charge on any atom is 0.323 e. The number of ether oxygens (including phenoxy) is 1. The zero-order valence-electron chi connectivity index (χ0n) is 12.5. The van der Waals surface area contributed by atoms with Gasteiger partial charge in [-0.2, -0.15) is 15.0 Å². The van der Waals surface area contributed by atoms with Gasteiger partial charge in [-0.05, 0) is 45.3 Å². The first-order chi connectivity index (χ1) is 9.50. The van der Waals surface area contributed by atoms with Crippen LogP contribution in [0.25, 0.3) is 0 Å². The molecule has 0 aliphatic carbocycles. The van der Waals surface area contributed by atoms with Crippen LogP contribution in [0.3, 0.4) is 0 Å². The molecular weight excluding hydrogens is 256 g/mol. The average Bonchev–Trinajstić information content (AvgIpc) is 2.40. The van der Waals surface area contributed by atoms with Crippen molar-refractivity contribution in [3.63, 3.8) is 0 Å². The van der Waals surface area contributed by atoms with Gasteiger partial charge >= 0.3 is 6.01 Å². The molecule has 1 aromatic heterocycles. The number of nitrogens with two attached hydrogens (primary N) is 1. The van der Waals surface area contributed by atoms with Crippen LogP contribution < -0.4 is 15.8 Å². The van der Waals surface area contributed by atoms with Gasteiger partial charge in [0.05, 0.1) is 6.61 Å². The predicted molar refractivity (Wildman–Crippen MR) is 78.7 cm³/mol. The molecule has 0 saturated carbocycles. The van der Waals surface area contributed by atoms with Gasteiger partial charge in [0.1, 0.15) is 0 Å². The minimum atomic E-state index is 0.180. The number of likely N-dealkylation sites (tertiary alicyclic amines) is 1. The fourth-order valence-corrected chi connectivity index (χ4v) is 2.27. The Morgan fingerprint density at radius 2 is 2.00 bits per heavy atom. The van der Waals surface area contributed by atoms with E-state index in [1.807, 2.05) is 6.92 Å². The fraction of sp³-hybridized carbons (Fsp3) is 0.769. The Kier molecular flexibility index (Phi) is 4.59. The lowest BCUT2D eigenvalue weighted by Crippen LogP contribution is -2.40. The van der Waals surface area contributed by atoms with Crippen molar-refractivity contribution >= 4 is 11.9 Å². The number of hydrogen-bond donors (Lipinski definition) is 2. The lowest BCUT2D eigenvalue weighted by atomic mass is 9.80. The Morgan fingerprint density at radius 1 is 1.30 bits per heavy atom. The molecule has 0 unspecified atom stereocenters. The van der Waals surface area contributed by atoms with E-state index < -0.39 is 0 Å². The third-order valence-electron chi connectivity index (χ3n) is 3.77. The molecule has 1 aliphatic heterocycles. The van der Waals surface area contributed by atoms with Gasteiger partial charge in [0.15, 0.2) is 0 Å². The SMILES string of the molecule is CCOc1nc(N)nc(NCC2(C)CCN(C)CC2)n1. The van der Waals surface area contributed by atoms with Crippen LogP contribution in [-0.2, 0) is 0 Å². The summed E-state index contributed by atoms with van der Waals surface area (Å²) < 4.78 is 5.27. The van der Waals surface area contributed by atoms with Gasteiger partial charge in [0.25, 0.3) is 0 Å². The Morgan fingerprint density at radius 3 is 2.65 bits per heavy atom. The molecule has 7 nitrogen and oxygen atoms in total. The average molecular weight is 280 g/mol. The van der Waals surface area contributed by atoms with Crippen molar-refractivity contribution in [2.75, 3.05) is 44.3 Å². The summed E-state index contributed by atoms with van der Waals surface area (Å²) in [6.07, 6.45) is 2.32. The molecule has 3 N–H and O–H groups in total. The molecule has 2 heterocycles. The smallest absolute Gasteiger partial charge is 0.323 e. The normalized spacial score (nSPS) is 18.8. The van der Waals surface area contributed by atoms with Crippen LogP contribution >= 0.6 is 0 Å². The molecular formula is C13H24N6O. The second-order valence-corrected chi connectivity index (χ2v) is 5.70. The number of nitrogen functional groups attached to an aromatic ring is 1. The molecule has 0 bridgehead atoms. The highest BCUT2D eigenvalue weighted by atomic mass is 16.5. The van der Waals surface area contributed by atoms with Crippen LogP contribution in [-0.4, -0.2) is 53.1 Å².